The van der Waals surface area contributed by atoms with Crippen molar-refractivity contribution in [1.82, 2.24) is 4.90 Å². The SMILES string of the molecule is CCNc1ccc([N+](=O)[O-])c(C(=O)N(C)CC2CCC2)c1. The topological polar surface area (TPSA) is 75.5 Å². The quantitative estimate of drug-likeness (QED) is 0.646. The fourth-order valence-corrected chi connectivity index (χ4v) is 2.53. The van der Waals surface area contributed by atoms with E-state index in [2.05, 4.69) is 5.32 Å². The molecule has 1 aliphatic rings. The van der Waals surface area contributed by atoms with Crippen LogP contribution in [0.1, 0.15) is 36.5 Å². The van der Waals surface area contributed by atoms with E-state index in [4.69, 9.17) is 0 Å². The first-order valence-corrected chi connectivity index (χ1v) is 7.30. The number of nitro groups is 1. The summed E-state index contributed by atoms with van der Waals surface area (Å²) < 4.78 is 0. The maximum atomic E-state index is 12.5. The Morgan fingerprint density at radius 2 is 2.19 bits per heavy atom. The van der Waals surface area contributed by atoms with Gasteiger partial charge in [-0.1, -0.05) is 6.42 Å². The molecule has 1 aromatic rings. The molecule has 21 heavy (non-hydrogen) atoms. The van der Waals surface area contributed by atoms with Gasteiger partial charge in [-0.2, -0.15) is 0 Å². The number of nitro benzene ring substituents is 1. The van der Waals surface area contributed by atoms with Crippen LogP contribution < -0.4 is 5.32 Å². The summed E-state index contributed by atoms with van der Waals surface area (Å²) in [5.74, 6) is 0.253. The molecule has 0 spiro atoms. The van der Waals surface area contributed by atoms with Crippen molar-refractivity contribution in [3.05, 3.63) is 33.9 Å². The summed E-state index contributed by atoms with van der Waals surface area (Å²) in [6.45, 7) is 3.30. The first-order chi connectivity index (χ1) is 10.0. The van der Waals surface area contributed by atoms with E-state index >= 15 is 0 Å². The van der Waals surface area contributed by atoms with Crippen molar-refractivity contribution in [3.8, 4) is 0 Å². The highest BCUT2D eigenvalue weighted by Crippen LogP contribution is 2.28. The van der Waals surface area contributed by atoms with Crippen molar-refractivity contribution in [2.24, 2.45) is 5.92 Å². The lowest BCUT2D eigenvalue weighted by atomic mass is 9.85. The number of nitrogens with zero attached hydrogens (tertiary/aromatic N) is 2. The van der Waals surface area contributed by atoms with Crippen LogP contribution in [-0.2, 0) is 0 Å². The van der Waals surface area contributed by atoms with Crippen molar-refractivity contribution >= 4 is 17.3 Å². The highest BCUT2D eigenvalue weighted by atomic mass is 16.6. The van der Waals surface area contributed by atoms with Crippen molar-refractivity contribution < 1.29 is 9.72 Å². The van der Waals surface area contributed by atoms with E-state index in [1.54, 1.807) is 24.1 Å². The van der Waals surface area contributed by atoms with Gasteiger partial charge in [0.15, 0.2) is 0 Å². The van der Waals surface area contributed by atoms with Crippen LogP contribution in [0.3, 0.4) is 0 Å². The van der Waals surface area contributed by atoms with Crippen molar-refractivity contribution in [3.63, 3.8) is 0 Å². The predicted octanol–water partition coefficient (Wildman–Crippen LogP) is 2.90. The summed E-state index contributed by atoms with van der Waals surface area (Å²) in [5.41, 5.74) is 0.742. The fourth-order valence-electron chi connectivity index (χ4n) is 2.53. The number of rotatable bonds is 6. The summed E-state index contributed by atoms with van der Waals surface area (Å²) in [6, 6.07) is 4.59. The van der Waals surface area contributed by atoms with Crippen LogP contribution in [0.25, 0.3) is 0 Å². The van der Waals surface area contributed by atoms with E-state index in [0.29, 0.717) is 19.0 Å². The van der Waals surface area contributed by atoms with Gasteiger partial charge in [0.05, 0.1) is 4.92 Å². The summed E-state index contributed by atoms with van der Waals surface area (Å²) in [5, 5.41) is 14.2. The van der Waals surface area contributed by atoms with Crippen molar-refractivity contribution in [1.29, 1.82) is 0 Å². The maximum Gasteiger partial charge on any atom is 0.282 e. The molecule has 1 saturated carbocycles. The molecular weight excluding hydrogens is 270 g/mol. The average molecular weight is 291 g/mol. The molecule has 1 amide bonds. The van der Waals surface area contributed by atoms with E-state index in [-0.39, 0.29) is 17.2 Å². The number of anilines is 1. The molecule has 0 atom stereocenters. The van der Waals surface area contributed by atoms with Crippen molar-refractivity contribution in [2.45, 2.75) is 26.2 Å². The molecule has 0 aliphatic heterocycles. The number of nitrogens with one attached hydrogen (secondary N) is 1. The van der Waals surface area contributed by atoms with Gasteiger partial charge in [0.1, 0.15) is 5.56 Å². The molecule has 2 rings (SSSR count). The Kier molecular flexibility index (Phi) is 4.77. The van der Waals surface area contributed by atoms with Gasteiger partial charge >= 0.3 is 0 Å². The van der Waals surface area contributed by atoms with E-state index in [0.717, 1.165) is 18.5 Å². The lowest BCUT2D eigenvalue weighted by Gasteiger charge is -2.30. The van der Waals surface area contributed by atoms with Crippen LogP contribution in [0.4, 0.5) is 11.4 Å². The molecule has 0 heterocycles. The van der Waals surface area contributed by atoms with Gasteiger partial charge < -0.3 is 10.2 Å². The molecule has 114 valence electrons. The number of amides is 1. The van der Waals surface area contributed by atoms with E-state index < -0.39 is 4.92 Å². The first-order valence-electron chi connectivity index (χ1n) is 7.30. The Labute approximate surface area is 124 Å². The fraction of sp³-hybridized carbons (Fsp3) is 0.533. The summed E-state index contributed by atoms with van der Waals surface area (Å²) >= 11 is 0. The van der Waals surface area contributed by atoms with Crippen LogP contribution in [0.15, 0.2) is 18.2 Å². The second kappa shape index (κ2) is 6.56. The molecule has 0 saturated heterocycles. The van der Waals surface area contributed by atoms with Gasteiger partial charge in [-0.05, 0) is 37.8 Å². The second-order valence-electron chi connectivity index (χ2n) is 5.50. The summed E-state index contributed by atoms with van der Waals surface area (Å²) in [7, 11) is 1.71. The summed E-state index contributed by atoms with van der Waals surface area (Å²) in [4.78, 5) is 24.7. The van der Waals surface area contributed by atoms with Crippen LogP contribution >= 0.6 is 0 Å². The zero-order valence-electron chi connectivity index (χ0n) is 12.5. The van der Waals surface area contributed by atoms with Crippen molar-refractivity contribution in [2.75, 3.05) is 25.5 Å². The molecule has 6 heteroatoms. The van der Waals surface area contributed by atoms with Crippen LogP contribution in [0.2, 0.25) is 0 Å². The van der Waals surface area contributed by atoms with Gasteiger partial charge in [0.2, 0.25) is 0 Å². The molecular formula is C15H21N3O3. The Hall–Kier alpha value is -2.11. The van der Waals surface area contributed by atoms with Crippen LogP contribution in [-0.4, -0.2) is 35.9 Å². The van der Waals surface area contributed by atoms with Gasteiger partial charge in [-0.25, -0.2) is 0 Å². The highest BCUT2D eigenvalue weighted by Gasteiger charge is 2.26. The monoisotopic (exact) mass is 291 g/mol. The minimum absolute atomic E-state index is 0.137. The first kappa shape index (κ1) is 15.3. The largest absolute Gasteiger partial charge is 0.385 e. The minimum Gasteiger partial charge on any atom is -0.385 e. The molecule has 0 radical (unpaired) electrons. The molecule has 1 fully saturated rings. The molecule has 1 aliphatic carbocycles. The Morgan fingerprint density at radius 3 is 2.71 bits per heavy atom. The zero-order chi connectivity index (χ0) is 15.4. The average Bonchev–Trinajstić information content (AvgIpc) is 2.41. The van der Waals surface area contributed by atoms with Crippen LogP contribution in [0.5, 0.6) is 0 Å². The Bertz CT molecular complexity index is 541. The zero-order valence-corrected chi connectivity index (χ0v) is 12.5. The third kappa shape index (κ3) is 3.51. The lowest BCUT2D eigenvalue weighted by molar-refractivity contribution is -0.385. The number of benzene rings is 1. The number of hydrogen-bond donors (Lipinski definition) is 1. The van der Waals surface area contributed by atoms with Gasteiger partial charge in [-0.3, -0.25) is 14.9 Å². The molecule has 1 aromatic carbocycles. The third-order valence-corrected chi connectivity index (χ3v) is 3.91. The smallest absolute Gasteiger partial charge is 0.282 e. The third-order valence-electron chi connectivity index (χ3n) is 3.91. The molecule has 0 bridgehead atoms. The standard InChI is InChI=1S/C15H21N3O3/c1-3-16-12-7-8-14(18(20)21)13(9-12)15(19)17(2)10-11-5-4-6-11/h7-9,11,16H,3-6,10H2,1-2H3. The number of carbonyl (C=O) groups excluding carboxylic acids is 1. The molecule has 0 aromatic heterocycles. The second-order valence-corrected chi connectivity index (χ2v) is 5.50. The molecule has 1 N–H and O–H groups in total. The van der Waals surface area contributed by atoms with E-state index in [1.165, 1.54) is 12.5 Å². The molecule has 6 nitrogen and oxygen atoms in total. The minimum atomic E-state index is -0.500. The predicted molar refractivity (Wildman–Crippen MR) is 81.6 cm³/mol. The van der Waals surface area contributed by atoms with E-state index in [1.807, 2.05) is 6.92 Å². The molecule has 0 unspecified atom stereocenters. The summed E-state index contributed by atoms with van der Waals surface area (Å²) in [6.07, 6.45) is 3.48. The van der Waals surface area contributed by atoms with Crippen LogP contribution in [0, 0.1) is 16.0 Å². The number of carbonyl (C=O) groups is 1. The maximum absolute atomic E-state index is 12.5. The lowest BCUT2D eigenvalue weighted by Crippen LogP contribution is -2.34. The Morgan fingerprint density at radius 1 is 1.48 bits per heavy atom. The highest BCUT2D eigenvalue weighted by molar-refractivity contribution is 5.99. The Balaban J connectivity index is 2.23. The van der Waals surface area contributed by atoms with E-state index in [9.17, 15) is 14.9 Å². The normalized spacial score (nSPS) is 14.4. The van der Waals surface area contributed by atoms with Gasteiger partial charge in [-0.15, -0.1) is 0 Å². The number of hydrogen-bond acceptors (Lipinski definition) is 4. The van der Waals surface area contributed by atoms with Gasteiger partial charge in [0.25, 0.3) is 11.6 Å². The van der Waals surface area contributed by atoms with Gasteiger partial charge in [0, 0.05) is 31.9 Å².